The lowest BCUT2D eigenvalue weighted by Gasteiger charge is -1.96. The first kappa shape index (κ1) is 11.2. The number of nitrogens with two attached hydrogens (primary N) is 1. The first-order valence-corrected chi connectivity index (χ1v) is 5.35. The van der Waals surface area contributed by atoms with Crippen LogP contribution in [0.2, 0.25) is 0 Å². The van der Waals surface area contributed by atoms with E-state index in [0.717, 1.165) is 4.88 Å². The smallest absolute Gasteiger partial charge is 0.373 e. The van der Waals surface area contributed by atoms with Crippen molar-refractivity contribution in [2.24, 2.45) is 5.73 Å². The van der Waals surface area contributed by atoms with Gasteiger partial charge in [-0.15, -0.1) is 11.3 Å². The van der Waals surface area contributed by atoms with E-state index in [0.29, 0.717) is 10.4 Å². The zero-order valence-corrected chi connectivity index (χ0v) is 9.27. The Kier molecular flexibility index (Phi) is 2.84. The van der Waals surface area contributed by atoms with Gasteiger partial charge in [0.1, 0.15) is 0 Å². The summed E-state index contributed by atoms with van der Waals surface area (Å²) in [5.41, 5.74) is 5.78. The van der Waals surface area contributed by atoms with Crippen LogP contribution in [0.5, 0.6) is 0 Å². The Morgan fingerprint density at radius 1 is 1.24 bits per heavy atom. The maximum absolute atomic E-state index is 10.9. The number of carboxylic acids is 1. The molecule has 2 rings (SSSR count). The molecule has 0 atom stereocenters. The molecule has 0 aliphatic heterocycles. The molecule has 0 bridgehead atoms. The summed E-state index contributed by atoms with van der Waals surface area (Å²) >= 11 is 1.21. The van der Waals surface area contributed by atoms with Gasteiger partial charge in [-0.25, -0.2) is 14.8 Å². The number of carbonyl (C=O) groups is 2. The van der Waals surface area contributed by atoms with Gasteiger partial charge in [-0.05, 0) is 12.1 Å². The van der Waals surface area contributed by atoms with Gasteiger partial charge in [0.15, 0.2) is 0 Å². The molecule has 0 saturated heterocycles. The lowest BCUT2D eigenvalue weighted by Crippen LogP contribution is -2.07. The molecule has 0 unspecified atom stereocenters. The van der Waals surface area contributed by atoms with E-state index in [9.17, 15) is 9.59 Å². The van der Waals surface area contributed by atoms with Crippen molar-refractivity contribution in [2.75, 3.05) is 0 Å². The van der Waals surface area contributed by atoms with Crippen molar-refractivity contribution in [3.05, 3.63) is 35.2 Å². The Labute approximate surface area is 99.8 Å². The predicted molar refractivity (Wildman–Crippen MR) is 60.8 cm³/mol. The molecule has 0 radical (unpaired) electrons. The predicted octanol–water partition coefficient (Wildman–Crippen LogP) is 1.00. The van der Waals surface area contributed by atoms with Gasteiger partial charge in [-0.2, -0.15) is 0 Å². The minimum absolute atomic E-state index is 0.263. The molecule has 17 heavy (non-hydrogen) atoms. The Hall–Kier alpha value is -2.28. The number of carbonyl (C=O) groups excluding carboxylic acids is 1. The molecule has 1 amide bonds. The lowest BCUT2D eigenvalue weighted by molar-refractivity contribution is 0.0683. The van der Waals surface area contributed by atoms with Gasteiger partial charge in [0.2, 0.25) is 5.82 Å². The van der Waals surface area contributed by atoms with E-state index < -0.39 is 11.9 Å². The number of carboxylic acid groups (broad SMARTS) is 1. The number of thiophene rings is 1. The Balaban J connectivity index is 2.33. The topological polar surface area (TPSA) is 106 Å². The van der Waals surface area contributed by atoms with E-state index in [1.807, 2.05) is 0 Å². The maximum Gasteiger partial charge on any atom is 0.373 e. The summed E-state index contributed by atoms with van der Waals surface area (Å²) < 4.78 is 0. The first-order chi connectivity index (χ1) is 8.08. The highest BCUT2D eigenvalue weighted by Crippen LogP contribution is 2.26. The lowest BCUT2D eigenvalue weighted by atomic mass is 10.3. The third-order valence-electron chi connectivity index (χ3n) is 1.98. The molecule has 0 aliphatic carbocycles. The van der Waals surface area contributed by atoms with Crippen LogP contribution in [0.25, 0.3) is 10.4 Å². The van der Waals surface area contributed by atoms with E-state index in [-0.39, 0.29) is 5.82 Å². The quantitative estimate of drug-likeness (QED) is 0.844. The average molecular weight is 249 g/mol. The molecule has 0 spiro atoms. The molecule has 86 valence electrons. The Morgan fingerprint density at radius 2 is 1.88 bits per heavy atom. The van der Waals surface area contributed by atoms with Gasteiger partial charge < -0.3 is 10.8 Å². The number of aromatic carboxylic acids is 1. The minimum Gasteiger partial charge on any atom is -0.475 e. The van der Waals surface area contributed by atoms with E-state index in [2.05, 4.69) is 9.97 Å². The van der Waals surface area contributed by atoms with E-state index in [1.165, 1.54) is 23.7 Å². The highest BCUT2D eigenvalue weighted by Gasteiger charge is 2.09. The van der Waals surface area contributed by atoms with Gasteiger partial charge in [-0.1, -0.05) is 0 Å². The summed E-state index contributed by atoms with van der Waals surface area (Å²) in [4.78, 5) is 30.0. The normalized spacial score (nSPS) is 10.1. The van der Waals surface area contributed by atoms with Crippen LogP contribution in [0.1, 0.15) is 20.3 Å². The molecule has 2 aromatic heterocycles. The first-order valence-electron chi connectivity index (χ1n) is 4.53. The fraction of sp³-hybridized carbons (Fsp3) is 0. The van der Waals surface area contributed by atoms with Gasteiger partial charge in [0.25, 0.3) is 5.91 Å². The van der Waals surface area contributed by atoms with Crippen molar-refractivity contribution in [3.63, 3.8) is 0 Å². The minimum atomic E-state index is -1.18. The van der Waals surface area contributed by atoms with Crippen LogP contribution in [-0.4, -0.2) is 27.0 Å². The summed E-state index contributed by atoms with van der Waals surface area (Å²) in [6.45, 7) is 0. The van der Waals surface area contributed by atoms with Crippen LogP contribution in [0, 0.1) is 0 Å². The average Bonchev–Trinajstić information content (AvgIpc) is 2.78. The van der Waals surface area contributed by atoms with Crippen molar-refractivity contribution >= 4 is 23.2 Å². The van der Waals surface area contributed by atoms with Crippen molar-refractivity contribution < 1.29 is 14.7 Å². The van der Waals surface area contributed by atoms with Crippen LogP contribution >= 0.6 is 11.3 Å². The van der Waals surface area contributed by atoms with Crippen molar-refractivity contribution in [1.29, 1.82) is 0 Å². The Bertz CT molecular complexity index is 577. The van der Waals surface area contributed by atoms with Crippen molar-refractivity contribution in [1.82, 2.24) is 9.97 Å². The van der Waals surface area contributed by atoms with E-state index in [1.54, 1.807) is 12.1 Å². The number of rotatable bonds is 3. The number of aromatic nitrogens is 2. The fourth-order valence-electron chi connectivity index (χ4n) is 1.19. The second kappa shape index (κ2) is 4.30. The number of hydrogen-bond donors (Lipinski definition) is 2. The van der Waals surface area contributed by atoms with Gasteiger partial charge in [-0.3, -0.25) is 4.79 Å². The molecule has 6 nitrogen and oxygen atoms in total. The van der Waals surface area contributed by atoms with E-state index in [4.69, 9.17) is 10.8 Å². The molecule has 7 heteroatoms. The number of hydrogen-bond acceptors (Lipinski definition) is 5. The number of nitrogens with zero attached hydrogens (tertiary/aromatic N) is 2. The maximum atomic E-state index is 10.9. The molecule has 0 saturated carbocycles. The standard InChI is InChI=1S/C10H7N3O3S/c11-8(14)7-2-1-6(17-7)5-3-12-9(10(15)16)13-4-5/h1-4H,(H2,11,14)(H,15,16). The molecule has 0 aliphatic rings. The number of amides is 1. The molecule has 2 aromatic rings. The molecular weight excluding hydrogens is 242 g/mol. The molecule has 2 heterocycles. The summed E-state index contributed by atoms with van der Waals surface area (Å²) in [5, 5.41) is 8.64. The SMILES string of the molecule is NC(=O)c1ccc(-c2cnc(C(=O)O)nc2)s1. The molecule has 0 aromatic carbocycles. The molecule has 3 N–H and O–H groups in total. The zero-order chi connectivity index (χ0) is 12.4. The highest BCUT2D eigenvalue weighted by molar-refractivity contribution is 7.17. The van der Waals surface area contributed by atoms with E-state index >= 15 is 0 Å². The van der Waals surface area contributed by atoms with Crippen molar-refractivity contribution in [2.45, 2.75) is 0 Å². The van der Waals surface area contributed by atoms with Gasteiger partial charge in [0.05, 0.1) is 4.88 Å². The number of primary amides is 1. The van der Waals surface area contributed by atoms with Crippen LogP contribution in [0.15, 0.2) is 24.5 Å². The summed E-state index contributed by atoms with van der Waals surface area (Å²) in [6.07, 6.45) is 2.79. The monoisotopic (exact) mass is 249 g/mol. The fourth-order valence-corrected chi connectivity index (χ4v) is 2.02. The van der Waals surface area contributed by atoms with Gasteiger partial charge in [0, 0.05) is 22.8 Å². The summed E-state index contributed by atoms with van der Waals surface area (Å²) in [5.74, 6) is -1.94. The highest BCUT2D eigenvalue weighted by atomic mass is 32.1. The third kappa shape index (κ3) is 2.28. The Morgan fingerprint density at radius 3 is 2.35 bits per heavy atom. The van der Waals surface area contributed by atoms with Gasteiger partial charge >= 0.3 is 5.97 Å². The molecular formula is C10H7N3O3S. The molecule has 0 fully saturated rings. The second-order valence-corrected chi connectivity index (χ2v) is 4.21. The largest absolute Gasteiger partial charge is 0.475 e. The summed E-state index contributed by atoms with van der Waals surface area (Å²) in [7, 11) is 0. The van der Waals surface area contributed by atoms with Crippen LogP contribution in [0.4, 0.5) is 0 Å². The van der Waals surface area contributed by atoms with Crippen LogP contribution in [0.3, 0.4) is 0 Å². The summed E-state index contributed by atoms with van der Waals surface area (Å²) in [6, 6.07) is 3.32. The van der Waals surface area contributed by atoms with Crippen LogP contribution < -0.4 is 5.73 Å². The van der Waals surface area contributed by atoms with Crippen LogP contribution in [-0.2, 0) is 0 Å². The third-order valence-corrected chi connectivity index (χ3v) is 3.13. The second-order valence-electron chi connectivity index (χ2n) is 3.13. The zero-order valence-electron chi connectivity index (χ0n) is 8.45. The van der Waals surface area contributed by atoms with Crippen molar-refractivity contribution in [3.8, 4) is 10.4 Å².